The fourth-order valence-electron chi connectivity index (χ4n) is 2.12. The van der Waals surface area contributed by atoms with E-state index in [0.717, 1.165) is 0 Å². The lowest BCUT2D eigenvalue weighted by Crippen LogP contribution is -2.43. The maximum Gasteiger partial charge on any atom is 0.257 e. The van der Waals surface area contributed by atoms with Crippen molar-refractivity contribution in [3.8, 4) is 0 Å². The van der Waals surface area contributed by atoms with Gasteiger partial charge in [-0.05, 0) is 31.0 Å². The summed E-state index contributed by atoms with van der Waals surface area (Å²) < 4.78 is 14.2. The summed E-state index contributed by atoms with van der Waals surface area (Å²) in [6.45, 7) is 0.432. The minimum absolute atomic E-state index is 0.0358. The molecule has 1 aliphatic rings. The third kappa shape index (κ3) is 2.38. The van der Waals surface area contributed by atoms with Crippen molar-refractivity contribution in [1.82, 2.24) is 4.90 Å². The quantitative estimate of drug-likeness (QED) is 0.902. The molecule has 2 amide bonds. The van der Waals surface area contributed by atoms with Crippen molar-refractivity contribution in [2.75, 3.05) is 6.54 Å². The number of likely N-dealkylation sites (tertiary alicyclic amines) is 1. The highest BCUT2D eigenvalue weighted by Crippen LogP contribution is 2.22. The fourth-order valence-corrected chi connectivity index (χ4v) is 2.46. The summed E-state index contributed by atoms with van der Waals surface area (Å²) in [6.07, 6.45) is 1.25. The summed E-state index contributed by atoms with van der Waals surface area (Å²) in [6, 6.07) is 3.59. The standard InChI is InChI=1S/C12H12BrFN2O2/c13-7-3-4-8(9(14)6-7)12(18)16-5-1-2-10(16)11(15)17/h3-4,6,10H,1-2,5H2,(H2,15,17). The molecular formula is C12H12BrFN2O2. The number of hydrogen-bond acceptors (Lipinski definition) is 2. The maximum absolute atomic E-state index is 13.7. The van der Waals surface area contributed by atoms with Gasteiger partial charge in [0.15, 0.2) is 0 Å². The smallest absolute Gasteiger partial charge is 0.257 e. The van der Waals surface area contributed by atoms with Crippen LogP contribution in [0.5, 0.6) is 0 Å². The largest absolute Gasteiger partial charge is 0.368 e. The summed E-state index contributed by atoms with van der Waals surface area (Å²) in [4.78, 5) is 24.7. The molecule has 18 heavy (non-hydrogen) atoms. The van der Waals surface area contributed by atoms with E-state index in [2.05, 4.69) is 15.9 Å². The van der Waals surface area contributed by atoms with Crippen molar-refractivity contribution < 1.29 is 14.0 Å². The third-order valence-corrected chi connectivity index (χ3v) is 3.50. The molecule has 1 aliphatic heterocycles. The second-order valence-electron chi connectivity index (χ2n) is 4.18. The first-order valence-corrected chi connectivity index (χ1v) is 6.35. The van der Waals surface area contributed by atoms with Gasteiger partial charge in [0.25, 0.3) is 5.91 Å². The first-order valence-electron chi connectivity index (χ1n) is 5.56. The van der Waals surface area contributed by atoms with Gasteiger partial charge in [-0.2, -0.15) is 0 Å². The van der Waals surface area contributed by atoms with Crippen molar-refractivity contribution >= 4 is 27.7 Å². The molecule has 0 aromatic heterocycles. The van der Waals surface area contributed by atoms with Crippen LogP contribution in [0.25, 0.3) is 0 Å². The van der Waals surface area contributed by atoms with E-state index in [1.807, 2.05) is 0 Å². The fraction of sp³-hybridized carbons (Fsp3) is 0.333. The minimum atomic E-state index is -0.624. The second-order valence-corrected chi connectivity index (χ2v) is 5.10. The second kappa shape index (κ2) is 5.06. The lowest BCUT2D eigenvalue weighted by Gasteiger charge is -2.22. The van der Waals surface area contributed by atoms with Gasteiger partial charge in [-0.15, -0.1) is 0 Å². The van der Waals surface area contributed by atoms with Gasteiger partial charge < -0.3 is 10.6 Å². The molecule has 0 aliphatic carbocycles. The highest BCUT2D eigenvalue weighted by Gasteiger charge is 2.34. The predicted molar refractivity (Wildman–Crippen MR) is 67.4 cm³/mol. The van der Waals surface area contributed by atoms with Crippen molar-refractivity contribution in [2.24, 2.45) is 5.73 Å². The zero-order chi connectivity index (χ0) is 13.3. The van der Waals surface area contributed by atoms with E-state index in [1.165, 1.54) is 17.0 Å². The maximum atomic E-state index is 13.7. The number of hydrogen-bond donors (Lipinski definition) is 1. The molecule has 1 unspecified atom stereocenters. The molecule has 96 valence electrons. The average molecular weight is 315 g/mol. The van der Waals surface area contributed by atoms with Gasteiger partial charge in [0.1, 0.15) is 11.9 Å². The zero-order valence-corrected chi connectivity index (χ0v) is 11.1. The Morgan fingerprint density at radius 1 is 1.44 bits per heavy atom. The highest BCUT2D eigenvalue weighted by molar-refractivity contribution is 9.10. The number of primary amides is 1. The molecule has 2 rings (SSSR count). The minimum Gasteiger partial charge on any atom is -0.368 e. The summed E-state index contributed by atoms with van der Waals surface area (Å²) in [5.41, 5.74) is 5.20. The van der Waals surface area contributed by atoms with E-state index in [0.29, 0.717) is 23.9 Å². The normalized spacial score (nSPS) is 19.0. The monoisotopic (exact) mass is 314 g/mol. The molecule has 6 heteroatoms. The van der Waals surface area contributed by atoms with Gasteiger partial charge in [-0.1, -0.05) is 15.9 Å². The van der Waals surface area contributed by atoms with Crippen LogP contribution in [-0.2, 0) is 4.79 Å². The molecule has 2 N–H and O–H groups in total. The van der Waals surface area contributed by atoms with Crippen LogP contribution < -0.4 is 5.73 Å². The third-order valence-electron chi connectivity index (χ3n) is 3.00. The number of rotatable bonds is 2. The van der Waals surface area contributed by atoms with Crippen LogP contribution in [0.15, 0.2) is 22.7 Å². The van der Waals surface area contributed by atoms with Crippen LogP contribution in [0, 0.1) is 5.82 Å². The molecule has 0 bridgehead atoms. The molecule has 4 nitrogen and oxygen atoms in total. The zero-order valence-electron chi connectivity index (χ0n) is 9.53. The Kier molecular flexibility index (Phi) is 3.65. The molecule has 0 radical (unpaired) electrons. The van der Waals surface area contributed by atoms with Crippen LogP contribution in [0.2, 0.25) is 0 Å². The van der Waals surface area contributed by atoms with Crippen LogP contribution in [0.1, 0.15) is 23.2 Å². The van der Waals surface area contributed by atoms with Gasteiger partial charge in [0.2, 0.25) is 5.91 Å². The van der Waals surface area contributed by atoms with Crippen LogP contribution in [-0.4, -0.2) is 29.3 Å². The number of nitrogens with zero attached hydrogens (tertiary/aromatic N) is 1. The number of halogens is 2. The number of benzene rings is 1. The van der Waals surface area contributed by atoms with Gasteiger partial charge in [0.05, 0.1) is 5.56 Å². The van der Waals surface area contributed by atoms with Gasteiger partial charge >= 0.3 is 0 Å². The number of carbonyl (C=O) groups excluding carboxylic acids is 2. The number of amides is 2. The van der Waals surface area contributed by atoms with Gasteiger partial charge in [-0.3, -0.25) is 9.59 Å². The van der Waals surface area contributed by atoms with E-state index >= 15 is 0 Å². The van der Waals surface area contributed by atoms with E-state index in [4.69, 9.17) is 5.73 Å². The Morgan fingerprint density at radius 2 is 2.17 bits per heavy atom. The highest BCUT2D eigenvalue weighted by atomic mass is 79.9. The first-order chi connectivity index (χ1) is 8.50. The number of nitrogens with two attached hydrogens (primary N) is 1. The first kappa shape index (κ1) is 13.0. The topological polar surface area (TPSA) is 63.4 Å². The lowest BCUT2D eigenvalue weighted by atomic mass is 10.1. The molecule has 0 saturated carbocycles. The summed E-state index contributed by atoms with van der Waals surface area (Å²) >= 11 is 3.12. The van der Waals surface area contributed by atoms with Gasteiger partial charge in [-0.25, -0.2) is 4.39 Å². The van der Waals surface area contributed by atoms with Crippen molar-refractivity contribution in [1.29, 1.82) is 0 Å². The molecule has 1 aromatic rings. The molecule has 1 atom stereocenters. The molecule has 1 saturated heterocycles. The van der Waals surface area contributed by atoms with E-state index < -0.39 is 23.7 Å². The predicted octanol–water partition coefficient (Wildman–Crippen LogP) is 1.68. The van der Waals surface area contributed by atoms with Gasteiger partial charge in [0, 0.05) is 11.0 Å². The Labute approximate surface area is 112 Å². The van der Waals surface area contributed by atoms with Crippen molar-refractivity contribution in [3.05, 3.63) is 34.1 Å². The van der Waals surface area contributed by atoms with Crippen LogP contribution in [0.3, 0.4) is 0 Å². The van der Waals surface area contributed by atoms with E-state index in [1.54, 1.807) is 6.07 Å². The Bertz CT molecular complexity index is 507. The average Bonchev–Trinajstić information content (AvgIpc) is 2.77. The van der Waals surface area contributed by atoms with Crippen LogP contribution >= 0.6 is 15.9 Å². The molecule has 1 aromatic carbocycles. The lowest BCUT2D eigenvalue weighted by molar-refractivity contribution is -0.121. The molecule has 1 fully saturated rings. The van der Waals surface area contributed by atoms with Crippen LogP contribution in [0.4, 0.5) is 4.39 Å². The van der Waals surface area contributed by atoms with Crippen molar-refractivity contribution in [3.63, 3.8) is 0 Å². The molecule has 0 spiro atoms. The Hall–Kier alpha value is -1.43. The Morgan fingerprint density at radius 3 is 2.78 bits per heavy atom. The molecular weight excluding hydrogens is 303 g/mol. The van der Waals surface area contributed by atoms with E-state index in [-0.39, 0.29) is 5.56 Å². The Balaban J connectivity index is 2.28. The van der Waals surface area contributed by atoms with E-state index in [9.17, 15) is 14.0 Å². The molecule has 1 heterocycles. The SMILES string of the molecule is NC(=O)C1CCCN1C(=O)c1ccc(Br)cc1F. The summed E-state index contributed by atoms with van der Waals surface area (Å²) in [5, 5.41) is 0. The summed E-state index contributed by atoms with van der Waals surface area (Å²) in [5.74, 6) is -1.64. The summed E-state index contributed by atoms with van der Waals surface area (Å²) in [7, 11) is 0. The van der Waals surface area contributed by atoms with Crippen molar-refractivity contribution in [2.45, 2.75) is 18.9 Å². The number of carbonyl (C=O) groups is 2.